The molecule has 0 unspecified atom stereocenters. The van der Waals surface area contributed by atoms with E-state index in [9.17, 15) is 15.0 Å². The van der Waals surface area contributed by atoms with E-state index in [1.807, 2.05) is 6.92 Å². The summed E-state index contributed by atoms with van der Waals surface area (Å²) in [7, 11) is 0. The van der Waals surface area contributed by atoms with Gasteiger partial charge in [-0.15, -0.1) is 11.8 Å². The summed E-state index contributed by atoms with van der Waals surface area (Å²) >= 11 is 1.66. The van der Waals surface area contributed by atoms with E-state index in [4.69, 9.17) is 0 Å². The number of aliphatic hydroxyl groups is 2. The lowest BCUT2D eigenvalue weighted by molar-refractivity contribution is -0.121. The van der Waals surface area contributed by atoms with Gasteiger partial charge >= 0.3 is 0 Å². The highest BCUT2D eigenvalue weighted by atomic mass is 32.2. The number of piperidine rings is 1. The van der Waals surface area contributed by atoms with Crippen molar-refractivity contribution in [1.29, 1.82) is 0 Å². The third-order valence-corrected chi connectivity index (χ3v) is 4.79. The Kier molecular flexibility index (Phi) is 6.99. The SMILES string of the molecule is CCC(CO)(CO)NC(=O)CSC1CCNCC1. The zero-order chi connectivity index (χ0) is 13.4. The number of carbonyl (C=O) groups is 1. The molecule has 1 aliphatic heterocycles. The first-order chi connectivity index (χ1) is 8.65. The van der Waals surface area contributed by atoms with Crippen LogP contribution in [0.3, 0.4) is 0 Å². The summed E-state index contributed by atoms with van der Waals surface area (Å²) < 4.78 is 0. The second-order valence-electron chi connectivity index (χ2n) is 4.76. The van der Waals surface area contributed by atoms with E-state index in [0.717, 1.165) is 25.9 Å². The fraction of sp³-hybridized carbons (Fsp3) is 0.917. The van der Waals surface area contributed by atoms with Crippen LogP contribution in [0.5, 0.6) is 0 Å². The van der Waals surface area contributed by atoms with Gasteiger partial charge in [-0.1, -0.05) is 6.92 Å². The second kappa shape index (κ2) is 7.99. The van der Waals surface area contributed by atoms with Crippen LogP contribution in [0.4, 0.5) is 0 Å². The van der Waals surface area contributed by atoms with Crippen LogP contribution >= 0.6 is 11.8 Å². The first-order valence-electron chi connectivity index (χ1n) is 6.51. The molecule has 6 heteroatoms. The van der Waals surface area contributed by atoms with Crippen molar-refractivity contribution in [2.75, 3.05) is 32.1 Å². The Morgan fingerprint density at radius 2 is 2.00 bits per heavy atom. The van der Waals surface area contributed by atoms with E-state index in [1.165, 1.54) is 0 Å². The van der Waals surface area contributed by atoms with E-state index < -0.39 is 5.54 Å². The first kappa shape index (κ1) is 15.8. The normalized spacial score (nSPS) is 17.7. The number of nitrogens with one attached hydrogen (secondary N) is 2. The number of hydrogen-bond donors (Lipinski definition) is 4. The highest BCUT2D eigenvalue weighted by Gasteiger charge is 2.28. The number of amides is 1. The van der Waals surface area contributed by atoms with Gasteiger partial charge in [-0.3, -0.25) is 4.79 Å². The average Bonchev–Trinajstić information content (AvgIpc) is 2.44. The monoisotopic (exact) mass is 276 g/mol. The van der Waals surface area contributed by atoms with Gasteiger partial charge in [-0.2, -0.15) is 0 Å². The van der Waals surface area contributed by atoms with Gasteiger partial charge in [0.2, 0.25) is 5.91 Å². The predicted molar refractivity (Wildman–Crippen MR) is 73.7 cm³/mol. The van der Waals surface area contributed by atoms with Crippen molar-refractivity contribution in [3.63, 3.8) is 0 Å². The molecule has 1 saturated heterocycles. The predicted octanol–water partition coefficient (Wildman–Crippen LogP) is -0.279. The van der Waals surface area contributed by atoms with E-state index >= 15 is 0 Å². The minimum Gasteiger partial charge on any atom is -0.394 e. The molecule has 1 heterocycles. The summed E-state index contributed by atoms with van der Waals surface area (Å²) in [6, 6.07) is 0. The van der Waals surface area contributed by atoms with Gasteiger partial charge in [0.25, 0.3) is 0 Å². The molecule has 4 N–H and O–H groups in total. The molecule has 5 nitrogen and oxygen atoms in total. The molecule has 0 radical (unpaired) electrons. The number of carbonyl (C=O) groups excluding carboxylic acids is 1. The van der Waals surface area contributed by atoms with Crippen LogP contribution in [0, 0.1) is 0 Å². The molecule has 0 atom stereocenters. The molecule has 0 saturated carbocycles. The molecular weight excluding hydrogens is 252 g/mol. The van der Waals surface area contributed by atoms with Gasteiger partial charge in [-0.05, 0) is 32.4 Å². The van der Waals surface area contributed by atoms with Gasteiger partial charge in [0.05, 0.1) is 24.5 Å². The largest absolute Gasteiger partial charge is 0.394 e. The molecule has 0 aliphatic carbocycles. The Morgan fingerprint density at radius 3 is 2.50 bits per heavy atom. The lowest BCUT2D eigenvalue weighted by Crippen LogP contribution is -2.54. The van der Waals surface area contributed by atoms with Crippen molar-refractivity contribution in [3.8, 4) is 0 Å². The summed E-state index contributed by atoms with van der Waals surface area (Å²) in [6.45, 7) is 3.41. The van der Waals surface area contributed by atoms with E-state index in [0.29, 0.717) is 17.4 Å². The van der Waals surface area contributed by atoms with Crippen LogP contribution in [-0.2, 0) is 4.79 Å². The fourth-order valence-corrected chi connectivity index (χ4v) is 2.96. The molecule has 1 amide bonds. The number of hydrogen-bond acceptors (Lipinski definition) is 5. The summed E-state index contributed by atoms with van der Waals surface area (Å²) in [5.74, 6) is 0.287. The van der Waals surface area contributed by atoms with Crippen LogP contribution < -0.4 is 10.6 Å². The molecule has 0 aromatic heterocycles. The molecule has 1 aliphatic rings. The lowest BCUT2D eigenvalue weighted by atomic mass is 9.99. The average molecular weight is 276 g/mol. The van der Waals surface area contributed by atoms with E-state index in [-0.39, 0.29) is 19.1 Å². The molecule has 1 fully saturated rings. The van der Waals surface area contributed by atoms with Gasteiger partial charge in [0.1, 0.15) is 0 Å². The quantitative estimate of drug-likeness (QED) is 0.514. The summed E-state index contributed by atoms with van der Waals surface area (Å²) in [5.41, 5.74) is -0.869. The Morgan fingerprint density at radius 1 is 1.39 bits per heavy atom. The zero-order valence-corrected chi connectivity index (χ0v) is 11.8. The van der Waals surface area contributed by atoms with Crippen molar-refractivity contribution in [2.45, 2.75) is 37.0 Å². The molecule has 0 aromatic rings. The van der Waals surface area contributed by atoms with Crippen molar-refractivity contribution in [1.82, 2.24) is 10.6 Å². The van der Waals surface area contributed by atoms with E-state index in [1.54, 1.807) is 11.8 Å². The maximum Gasteiger partial charge on any atom is 0.230 e. The summed E-state index contributed by atoms with van der Waals surface area (Å²) in [6.07, 6.45) is 2.71. The van der Waals surface area contributed by atoms with Gasteiger partial charge in [-0.25, -0.2) is 0 Å². The summed E-state index contributed by atoms with van der Waals surface area (Å²) in [5, 5.41) is 25.1. The van der Waals surface area contributed by atoms with Crippen LogP contribution in [0.2, 0.25) is 0 Å². The minimum atomic E-state index is -0.869. The molecular formula is C12H24N2O3S. The maximum atomic E-state index is 11.8. The minimum absolute atomic E-state index is 0.108. The summed E-state index contributed by atoms with van der Waals surface area (Å²) in [4.78, 5) is 11.8. The van der Waals surface area contributed by atoms with Crippen LogP contribution in [0.25, 0.3) is 0 Å². The maximum absolute atomic E-state index is 11.8. The Balaban J connectivity index is 2.31. The van der Waals surface area contributed by atoms with Crippen LogP contribution in [-0.4, -0.2) is 59.0 Å². The number of aliphatic hydroxyl groups excluding tert-OH is 2. The smallest absolute Gasteiger partial charge is 0.230 e. The molecule has 0 bridgehead atoms. The van der Waals surface area contributed by atoms with Crippen LogP contribution in [0.1, 0.15) is 26.2 Å². The molecule has 18 heavy (non-hydrogen) atoms. The van der Waals surface area contributed by atoms with Crippen molar-refractivity contribution in [3.05, 3.63) is 0 Å². The van der Waals surface area contributed by atoms with Gasteiger partial charge < -0.3 is 20.8 Å². The third kappa shape index (κ3) is 4.76. The highest BCUT2D eigenvalue weighted by Crippen LogP contribution is 2.20. The second-order valence-corrected chi connectivity index (χ2v) is 6.05. The molecule has 0 aromatic carbocycles. The Bertz CT molecular complexity index is 245. The van der Waals surface area contributed by atoms with Crippen molar-refractivity contribution in [2.24, 2.45) is 0 Å². The van der Waals surface area contributed by atoms with Crippen LogP contribution in [0.15, 0.2) is 0 Å². The molecule has 106 valence electrons. The lowest BCUT2D eigenvalue weighted by Gasteiger charge is -2.30. The fourth-order valence-electron chi connectivity index (χ4n) is 1.93. The number of thioether (sulfide) groups is 1. The highest BCUT2D eigenvalue weighted by molar-refractivity contribution is 8.00. The number of rotatable bonds is 7. The molecule has 1 rings (SSSR count). The third-order valence-electron chi connectivity index (χ3n) is 3.42. The Labute approximate surface area is 113 Å². The molecule has 0 spiro atoms. The topological polar surface area (TPSA) is 81.6 Å². The Hall–Kier alpha value is -0.300. The van der Waals surface area contributed by atoms with Gasteiger partial charge in [0.15, 0.2) is 0 Å². The zero-order valence-electron chi connectivity index (χ0n) is 10.9. The standard InChI is InChI=1S/C12H24N2O3S/c1-2-12(8-15,9-16)14-11(17)7-18-10-3-5-13-6-4-10/h10,13,15-16H,2-9H2,1H3,(H,14,17). The van der Waals surface area contributed by atoms with Gasteiger partial charge in [0, 0.05) is 5.25 Å². The van der Waals surface area contributed by atoms with E-state index in [2.05, 4.69) is 10.6 Å². The van der Waals surface area contributed by atoms with Crippen molar-refractivity contribution >= 4 is 17.7 Å². The first-order valence-corrected chi connectivity index (χ1v) is 7.55. The van der Waals surface area contributed by atoms with Crippen molar-refractivity contribution < 1.29 is 15.0 Å².